The number of para-hydroxylation sites is 1. The van der Waals surface area contributed by atoms with E-state index in [1.165, 1.54) is 0 Å². The Morgan fingerprint density at radius 3 is 2.67 bits per heavy atom. The Hall–Kier alpha value is -2.14. The summed E-state index contributed by atoms with van der Waals surface area (Å²) in [4.78, 5) is 0. The van der Waals surface area contributed by atoms with Gasteiger partial charge < -0.3 is 14.2 Å². The van der Waals surface area contributed by atoms with Crippen molar-refractivity contribution in [1.82, 2.24) is 15.5 Å². The minimum atomic E-state index is 0.0849. The lowest BCUT2D eigenvalue weighted by Gasteiger charge is -2.19. The van der Waals surface area contributed by atoms with Crippen LogP contribution in [0.4, 0.5) is 0 Å². The number of hydrogen-bond acceptors (Lipinski definition) is 5. The first kappa shape index (κ1) is 13.8. The van der Waals surface area contributed by atoms with Crippen LogP contribution in [0.15, 0.2) is 39.2 Å². The van der Waals surface area contributed by atoms with Crippen LogP contribution in [0.3, 0.4) is 0 Å². The van der Waals surface area contributed by atoms with Crippen LogP contribution in [-0.4, -0.2) is 22.3 Å². The molecule has 1 N–H and O–H groups in total. The molecule has 0 aliphatic carbocycles. The maximum absolute atomic E-state index is 5.71. The summed E-state index contributed by atoms with van der Waals surface area (Å²) in [6, 6.07) is 9.74. The maximum Gasteiger partial charge on any atom is 0.283 e. The van der Waals surface area contributed by atoms with E-state index in [0.29, 0.717) is 24.0 Å². The summed E-state index contributed by atoms with van der Waals surface area (Å²) in [6.07, 6.45) is 0.699. The Morgan fingerprint density at radius 2 is 1.90 bits per heavy atom. The molecule has 0 radical (unpaired) electrons. The molecule has 21 heavy (non-hydrogen) atoms. The number of nitrogens with one attached hydrogen (secondary N) is 1. The van der Waals surface area contributed by atoms with Crippen LogP contribution < -0.4 is 5.32 Å². The molecular weight excluding hydrogens is 266 g/mol. The molecule has 0 bridgehead atoms. The van der Waals surface area contributed by atoms with Crippen LogP contribution in [0, 0.1) is 0 Å². The zero-order chi connectivity index (χ0) is 14.9. The first-order chi connectivity index (χ1) is 10.0. The van der Waals surface area contributed by atoms with Crippen LogP contribution in [0.2, 0.25) is 0 Å². The minimum Gasteiger partial charge on any atom is -0.451 e. The van der Waals surface area contributed by atoms with E-state index in [2.05, 4.69) is 36.3 Å². The summed E-state index contributed by atoms with van der Waals surface area (Å²) in [5.74, 6) is 1.65. The molecule has 0 unspecified atom stereocenters. The summed E-state index contributed by atoms with van der Waals surface area (Å²) in [5.41, 5.74) is 0.906. The quantitative estimate of drug-likeness (QED) is 0.795. The van der Waals surface area contributed by atoms with Crippen molar-refractivity contribution in [2.45, 2.75) is 32.7 Å². The standard InChI is InChI=1S/C16H19N3O2/c1-16(2,3)17-9-8-14-18-19-15(21-14)13-10-11-6-4-5-7-12(11)20-13/h4-7,10,17H,8-9H2,1-3H3. The van der Waals surface area contributed by atoms with Crippen molar-refractivity contribution in [3.63, 3.8) is 0 Å². The molecule has 0 aliphatic rings. The van der Waals surface area contributed by atoms with E-state index in [1.807, 2.05) is 30.3 Å². The molecule has 110 valence electrons. The lowest BCUT2D eigenvalue weighted by molar-refractivity contribution is 0.410. The topological polar surface area (TPSA) is 64.1 Å². The van der Waals surface area contributed by atoms with E-state index < -0.39 is 0 Å². The molecule has 5 heteroatoms. The number of hydrogen-bond donors (Lipinski definition) is 1. The van der Waals surface area contributed by atoms with Crippen LogP contribution in [0.1, 0.15) is 26.7 Å². The first-order valence-electron chi connectivity index (χ1n) is 7.08. The fourth-order valence-corrected chi connectivity index (χ4v) is 2.09. The molecule has 0 atom stereocenters. The van der Waals surface area contributed by atoms with Crippen molar-refractivity contribution >= 4 is 11.0 Å². The van der Waals surface area contributed by atoms with Gasteiger partial charge in [0.25, 0.3) is 5.89 Å². The fraction of sp³-hybridized carbons (Fsp3) is 0.375. The van der Waals surface area contributed by atoms with Gasteiger partial charge in [0.2, 0.25) is 5.89 Å². The highest BCUT2D eigenvalue weighted by Crippen LogP contribution is 2.26. The molecule has 3 rings (SSSR count). The van der Waals surface area contributed by atoms with E-state index in [-0.39, 0.29) is 5.54 Å². The van der Waals surface area contributed by atoms with Gasteiger partial charge in [0.1, 0.15) is 5.58 Å². The van der Waals surface area contributed by atoms with Crippen molar-refractivity contribution in [3.8, 4) is 11.7 Å². The van der Waals surface area contributed by atoms with Crippen LogP contribution in [0.25, 0.3) is 22.6 Å². The van der Waals surface area contributed by atoms with Gasteiger partial charge in [-0.3, -0.25) is 0 Å². The summed E-state index contributed by atoms with van der Waals surface area (Å²) in [7, 11) is 0. The van der Waals surface area contributed by atoms with E-state index >= 15 is 0 Å². The van der Waals surface area contributed by atoms with Crippen molar-refractivity contribution in [1.29, 1.82) is 0 Å². The van der Waals surface area contributed by atoms with Crippen molar-refractivity contribution in [2.24, 2.45) is 0 Å². The summed E-state index contributed by atoms with van der Waals surface area (Å²) in [6.45, 7) is 7.17. The molecule has 1 aromatic carbocycles. The maximum atomic E-state index is 5.71. The number of rotatable bonds is 4. The highest BCUT2D eigenvalue weighted by molar-refractivity contribution is 5.81. The van der Waals surface area contributed by atoms with Gasteiger partial charge in [-0.1, -0.05) is 18.2 Å². The van der Waals surface area contributed by atoms with Crippen molar-refractivity contribution in [3.05, 3.63) is 36.2 Å². The number of benzene rings is 1. The highest BCUT2D eigenvalue weighted by atomic mass is 16.4. The van der Waals surface area contributed by atoms with Crippen LogP contribution in [0.5, 0.6) is 0 Å². The molecular formula is C16H19N3O2. The average molecular weight is 285 g/mol. The predicted octanol–water partition coefficient (Wildman–Crippen LogP) is 3.41. The summed E-state index contributed by atoms with van der Waals surface area (Å²) >= 11 is 0. The van der Waals surface area contributed by atoms with Gasteiger partial charge in [-0.25, -0.2) is 0 Å². The second-order valence-electron chi connectivity index (χ2n) is 6.08. The Bertz CT molecular complexity index is 704. The van der Waals surface area contributed by atoms with Crippen LogP contribution >= 0.6 is 0 Å². The summed E-state index contributed by atoms with van der Waals surface area (Å²) < 4.78 is 11.4. The Kier molecular flexibility index (Phi) is 3.51. The third-order valence-corrected chi connectivity index (χ3v) is 3.10. The molecule has 0 amide bonds. The van der Waals surface area contributed by atoms with E-state index in [4.69, 9.17) is 8.83 Å². The van der Waals surface area contributed by atoms with Gasteiger partial charge in [0.05, 0.1) is 0 Å². The van der Waals surface area contributed by atoms with Crippen LogP contribution in [-0.2, 0) is 6.42 Å². The fourth-order valence-electron chi connectivity index (χ4n) is 2.09. The van der Waals surface area contributed by atoms with Gasteiger partial charge in [-0.05, 0) is 32.9 Å². The van der Waals surface area contributed by atoms with Gasteiger partial charge in [0.15, 0.2) is 5.76 Å². The molecule has 0 saturated carbocycles. The largest absolute Gasteiger partial charge is 0.451 e. The normalized spacial score (nSPS) is 12.1. The lowest BCUT2D eigenvalue weighted by atomic mass is 10.1. The summed E-state index contributed by atoms with van der Waals surface area (Å²) in [5, 5.41) is 12.5. The Morgan fingerprint density at radius 1 is 1.10 bits per heavy atom. The predicted molar refractivity (Wildman–Crippen MR) is 81.0 cm³/mol. The third-order valence-electron chi connectivity index (χ3n) is 3.10. The van der Waals surface area contributed by atoms with Gasteiger partial charge in [-0.2, -0.15) is 0 Å². The highest BCUT2D eigenvalue weighted by Gasteiger charge is 2.14. The van der Waals surface area contributed by atoms with Crippen molar-refractivity contribution in [2.75, 3.05) is 6.54 Å². The molecule has 0 saturated heterocycles. The number of nitrogens with zero attached hydrogens (tertiary/aromatic N) is 2. The first-order valence-corrected chi connectivity index (χ1v) is 7.08. The van der Waals surface area contributed by atoms with Gasteiger partial charge in [-0.15, -0.1) is 10.2 Å². The molecule has 5 nitrogen and oxygen atoms in total. The minimum absolute atomic E-state index is 0.0849. The van der Waals surface area contributed by atoms with E-state index in [1.54, 1.807) is 0 Å². The van der Waals surface area contributed by atoms with Crippen molar-refractivity contribution < 1.29 is 8.83 Å². The smallest absolute Gasteiger partial charge is 0.283 e. The second kappa shape index (κ2) is 5.33. The third kappa shape index (κ3) is 3.31. The van der Waals surface area contributed by atoms with Gasteiger partial charge in [0, 0.05) is 23.9 Å². The molecule has 0 spiro atoms. The number of furan rings is 1. The van der Waals surface area contributed by atoms with Gasteiger partial charge >= 0.3 is 0 Å². The zero-order valence-electron chi connectivity index (χ0n) is 12.5. The monoisotopic (exact) mass is 285 g/mol. The Labute approximate surface area is 123 Å². The zero-order valence-corrected chi connectivity index (χ0v) is 12.5. The van der Waals surface area contributed by atoms with E-state index in [0.717, 1.165) is 17.5 Å². The number of fused-ring (bicyclic) bond motifs is 1. The molecule has 2 aromatic heterocycles. The molecule has 0 aliphatic heterocycles. The SMILES string of the molecule is CC(C)(C)NCCc1nnc(-c2cc3ccccc3o2)o1. The molecule has 0 fully saturated rings. The second-order valence-corrected chi connectivity index (χ2v) is 6.08. The molecule has 2 heterocycles. The van der Waals surface area contributed by atoms with E-state index in [9.17, 15) is 0 Å². The lowest BCUT2D eigenvalue weighted by Crippen LogP contribution is -2.37. The Balaban J connectivity index is 1.72. The average Bonchev–Trinajstić information content (AvgIpc) is 3.02. The number of aromatic nitrogens is 2. The molecule has 3 aromatic rings.